The topological polar surface area (TPSA) is 92.7 Å². The molecule has 2 N–H and O–H groups in total. The van der Waals surface area contributed by atoms with E-state index < -0.39 is 21.2 Å². The van der Waals surface area contributed by atoms with Crippen molar-refractivity contribution in [3.8, 4) is 0 Å². The first-order valence-electron chi connectivity index (χ1n) is 6.26. The monoisotopic (exact) mass is 301 g/mol. The third-order valence-electron chi connectivity index (χ3n) is 2.69. The standard InChI is InChI=1S/C13H19NO5S/c1-11(13(15)16)20(17,18)14-8-5-9-19-10-12-6-3-2-4-7-12/h2-4,6-7,11,14H,5,8-10H2,1H3,(H,15,16). The van der Waals surface area contributed by atoms with Gasteiger partial charge in [0, 0.05) is 13.2 Å². The average Bonchev–Trinajstić information content (AvgIpc) is 2.42. The summed E-state index contributed by atoms with van der Waals surface area (Å²) in [6.07, 6.45) is 0.485. The fourth-order valence-corrected chi connectivity index (χ4v) is 2.35. The van der Waals surface area contributed by atoms with E-state index in [0.29, 0.717) is 19.6 Å². The normalized spacial score (nSPS) is 13.1. The van der Waals surface area contributed by atoms with Gasteiger partial charge in [0.2, 0.25) is 10.0 Å². The molecule has 0 aliphatic heterocycles. The van der Waals surface area contributed by atoms with Crippen molar-refractivity contribution in [2.75, 3.05) is 13.2 Å². The number of benzene rings is 1. The van der Waals surface area contributed by atoms with Gasteiger partial charge in [-0.05, 0) is 18.9 Å². The molecule has 0 saturated heterocycles. The van der Waals surface area contributed by atoms with E-state index in [1.54, 1.807) is 0 Å². The van der Waals surface area contributed by atoms with E-state index in [0.717, 1.165) is 12.5 Å². The molecule has 1 aromatic carbocycles. The van der Waals surface area contributed by atoms with Crippen LogP contribution < -0.4 is 4.72 Å². The zero-order valence-electron chi connectivity index (χ0n) is 11.3. The van der Waals surface area contributed by atoms with Crippen LogP contribution in [0.1, 0.15) is 18.9 Å². The number of carboxylic acids is 1. The molecule has 0 spiro atoms. The predicted octanol–water partition coefficient (Wildman–Crippen LogP) is 0.986. The number of rotatable bonds is 9. The van der Waals surface area contributed by atoms with Gasteiger partial charge in [0.15, 0.2) is 5.25 Å². The summed E-state index contributed by atoms with van der Waals surface area (Å²) in [6, 6.07) is 9.64. The summed E-state index contributed by atoms with van der Waals surface area (Å²) in [5, 5.41) is 7.19. The third-order valence-corrected chi connectivity index (χ3v) is 4.43. The molecular weight excluding hydrogens is 282 g/mol. The molecule has 1 unspecified atom stereocenters. The zero-order valence-corrected chi connectivity index (χ0v) is 12.1. The van der Waals surface area contributed by atoms with Crippen molar-refractivity contribution >= 4 is 16.0 Å². The third kappa shape index (κ3) is 5.68. The van der Waals surface area contributed by atoms with E-state index in [1.807, 2.05) is 30.3 Å². The number of hydrogen-bond donors (Lipinski definition) is 2. The molecule has 0 heterocycles. The number of hydrogen-bond acceptors (Lipinski definition) is 4. The molecule has 0 aliphatic rings. The number of aliphatic carboxylic acids is 1. The number of carboxylic acid groups (broad SMARTS) is 1. The molecule has 0 bridgehead atoms. The van der Waals surface area contributed by atoms with Crippen molar-refractivity contribution in [2.45, 2.75) is 25.2 Å². The summed E-state index contributed by atoms with van der Waals surface area (Å²) in [5.41, 5.74) is 1.05. The van der Waals surface area contributed by atoms with Crippen LogP contribution in [0.3, 0.4) is 0 Å². The highest BCUT2D eigenvalue weighted by molar-refractivity contribution is 7.90. The molecule has 6 nitrogen and oxygen atoms in total. The Morgan fingerprint density at radius 2 is 2.00 bits per heavy atom. The minimum Gasteiger partial charge on any atom is -0.480 e. The number of carbonyl (C=O) groups is 1. The Kier molecular flexibility index (Phi) is 6.63. The second-order valence-electron chi connectivity index (χ2n) is 4.31. The average molecular weight is 301 g/mol. The van der Waals surface area contributed by atoms with Gasteiger partial charge in [0.1, 0.15) is 0 Å². The quantitative estimate of drug-likeness (QED) is 0.663. The van der Waals surface area contributed by atoms with Crippen LogP contribution in [0.25, 0.3) is 0 Å². The van der Waals surface area contributed by atoms with Crippen molar-refractivity contribution in [1.82, 2.24) is 4.72 Å². The Bertz CT molecular complexity index is 515. The molecule has 0 amide bonds. The summed E-state index contributed by atoms with van der Waals surface area (Å²) >= 11 is 0. The Hall–Kier alpha value is -1.44. The predicted molar refractivity (Wildman–Crippen MR) is 74.7 cm³/mol. The molecule has 0 saturated carbocycles. The smallest absolute Gasteiger partial charge is 0.323 e. The fraction of sp³-hybridized carbons (Fsp3) is 0.462. The Morgan fingerprint density at radius 1 is 1.35 bits per heavy atom. The second-order valence-corrected chi connectivity index (χ2v) is 6.40. The van der Waals surface area contributed by atoms with E-state index in [9.17, 15) is 13.2 Å². The molecule has 0 fully saturated rings. The van der Waals surface area contributed by atoms with E-state index in [2.05, 4.69) is 4.72 Å². The molecular formula is C13H19NO5S. The highest BCUT2D eigenvalue weighted by Crippen LogP contribution is 2.01. The van der Waals surface area contributed by atoms with Gasteiger partial charge < -0.3 is 9.84 Å². The minimum absolute atomic E-state index is 0.161. The van der Waals surface area contributed by atoms with Crippen molar-refractivity contribution < 1.29 is 23.1 Å². The fourth-order valence-electron chi connectivity index (χ4n) is 1.41. The highest BCUT2D eigenvalue weighted by atomic mass is 32.2. The van der Waals surface area contributed by atoms with Gasteiger partial charge >= 0.3 is 5.97 Å². The lowest BCUT2D eigenvalue weighted by molar-refractivity contribution is -0.136. The molecule has 0 aliphatic carbocycles. The number of ether oxygens (including phenoxy) is 1. The van der Waals surface area contributed by atoms with E-state index in [4.69, 9.17) is 9.84 Å². The van der Waals surface area contributed by atoms with Gasteiger partial charge in [0.25, 0.3) is 0 Å². The Labute approximate surface area is 118 Å². The summed E-state index contributed by atoms with van der Waals surface area (Å²) in [4.78, 5) is 10.6. The lowest BCUT2D eigenvalue weighted by Crippen LogP contribution is -2.38. The van der Waals surface area contributed by atoms with Gasteiger partial charge in [-0.15, -0.1) is 0 Å². The molecule has 7 heteroatoms. The maximum atomic E-state index is 11.5. The van der Waals surface area contributed by atoms with Crippen LogP contribution in [0.5, 0.6) is 0 Å². The lowest BCUT2D eigenvalue weighted by Gasteiger charge is -2.10. The van der Waals surface area contributed by atoms with Crippen LogP contribution in [-0.4, -0.2) is 37.9 Å². The van der Waals surface area contributed by atoms with Crippen LogP contribution in [-0.2, 0) is 26.2 Å². The second kappa shape index (κ2) is 7.98. The molecule has 1 atom stereocenters. The van der Waals surface area contributed by atoms with Crippen molar-refractivity contribution in [3.05, 3.63) is 35.9 Å². The maximum Gasteiger partial charge on any atom is 0.323 e. The molecule has 20 heavy (non-hydrogen) atoms. The minimum atomic E-state index is -3.80. The first-order valence-corrected chi connectivity index (χ1v) is 7.81. The first-order chi connectivity index (χ1) is 9.43. The van der Waals surface area contributed by atoms with Crippen LogP contribution in [0.15, 0.2) is 30.3 Å². The van der Waals surface area contributed by atoms with E-state index in [1.165, 1.54) is 0 Å². The molecule has 0 radical (unpaired) electrons. The molecule has 112 valence electrons. The van der Waals surface area contributed by atoms with Gasteiger partial charge in [-0.25, -0.2) is 13.1 Å². The maximum absolute atomic E-state index is 11.5. The van der Waals surface area contributed by atoms with E-state index >= 15 is 0 Å². The van der Waals surface area contributed by atoms with Crippen molar-refractivity contribution in [2.24, 2.45) is 0 Å². The Morgan fingerprint density at radius 3 is 2.60 bits per heavy atom. The highest BCUT2D eigenvalue weighted by Gasteiger charge is 2.26. The number of sulfonamides is 1. The van der Waals surface area contributed by atoms with Gasteiger partial charge in [-0.3, -0.25) is 4.79 Å². The first kappa shape index (κ1) is 16.6. The SMILES string of the molecule is CC(C(=O)O)S(=O)(=O)NCCCOCc1ccccc1. The van der Waals surface area contributed by atoms with Crippen molar-refractivity contribution in [1.29, 1.82) is 0 Å². The van der Waals surface area contributed by atoms with Crippen LogP contribution in [0.4, 0.5) is 0 Å². The summed E-state index contributed by atoms with van der Waals surface area (Å²) < 4.78 is 30.6. The largest absolute Gasteiger partial charge is 0.480 e. The van der Waals surface area contributed by atoms with Crippen LogP contribution in [0.2, 0.25) is 0 Å². The van der Waals surface area contributed by atoms with E-state index in [-0.39, 0.29) is 6.54 Å². The molecule has 0 aromatic heterocycles. The zero-order chi connectivity index (χ0) is 15.0. The van der Waals surface area contributed by atoms with Crippen molar-refractivity contribution in [3.63, 3.8) is 0 Å². The molecule has 1 rings (SSSR count). The van der Waals surface area contributed by atoms with Gasteiger partial charge in [-0.2, -0.15) is 0 Å². The summed E-state index contributed by atoms with van der Waals surface area (Å²) in [6.45, 7) is 2.17. The number of nitrogens with one attached hydrogen (secondary N) is 1. The summed E-state index contributed by atoms with van der Waals surface area (Å²) in [7, 11) is -3.80. The lowest BCUT2D eigenvalue weighted by atomic mass is 10.2. The van der Waals surface area contributed by atoms with Crippen LogP contribution >= 0.6 is 0 Å². The Balaban J connectivity index is 2.18. The van der Waals surface area contributed by atoms with Gasteiger partial charge in [0.05, 0.1) is 6.61 Å². The molecule has 1 aromatic rings. The van der Waals surface area contributed by atoms with Crippen LogP contribution in [0, 0.1) is 0 Å². The van der Waals surface area contributed by atoms with Gasteiger partial charge in [-0.1, -0.05) is 30.3 Å². The summed E-state index contributed by atoms with van der Waals surface area (Å²) in [5.74, 6) is -1.36.